The second-order valence-electron chi connectivity index (χ2n) is 5.21. The van der Waals surface area contributed by atoms with Crippen molar-refractivity contribution in [2.75, 3.05) is 0 Å². The van der Waals surface area contributed by atoms with E-state index in [0.717, 1.165) is 5.56 Å². The molecule has 24 heavy (non-hydrogen) atoms. The number of hydrogen-bond donors (Lipinski definition) is 1. The van der Waals surface area contributed by atoms with Crippen molar-refractivity contribution >= 4 is 40.9 Å². The number of carbonyl (C=O) groups excluding carboxylic acids is 1. The third-order valence-electron chi connectivity index (χ3n) is 3.61. The number of nitrogens with zero attached hydrogens (tertiary/aromatic N) is 1. The molecule has 0 saturated carbocycles. The van der Waals surface area contributed by atoms with Gasteiger partial charge in [0.1, 0.15) is 5.76 Å². The molecule has 1 aromatic carbocycles. The first-order chi connectivity index (χ1) is 11.6. The summed E-state index contributed by atoms with van der Waals surface area (Å²) < 4.78 is 5.39. The molecule has 1 amide bonds. The second-order valence-corrected chi connectivity index (χ2v) is 7.01. The smallest absolute Gasteiger partial charge is 0.225 e. The highest BCUT2D eigenvalue weighted by atomic mass is 35.5. The standard InChI is InChI=1S/C17H12Cl2N2O2S/c18-13-4-3-10(6-14(13)19)9-24-17-12(8-20)11(7-16(22)21-17)15-2-1-5-23-15/h1-6,11H,7,9H2,(H,21,22)/t11-/m1/s1. The Hall–Kier alpha value is -1.87. The van der Waals surface area contributed by atoms with E-state index in [1.165, 1.54) is 11.8 Å². The van der Waals surface area contributed by atoms with E-state index >= 15 is 0 Å². The SMILES string of the molecule is N#CC1=C(SCc2ccc(Cl)c(Cl)c2)NC(=O)C[C@H]1c1ccco1. The fourth-order valence-electron chi connectivity index (χ4n) is 2.45. The zero-order chi connectivity index (χ0) is 17.1. The van der Waals surface area contributed by atoms with E-state index in [4.69, 9.17) is 27.6 Å². The van der Waals surface area contributed by atoms with E-state index in [1.54, 1.807) is 30.5 Å². The first-order valence-electron chi connectivity index (χ1n) is 7.12. The predicted molar refractivity (Wildman–Crippen MR) is 94.6 cm³/mol. The van der Waals surface area contributed by atoms with Gasteiger partial charge in [-0.15, -0.1) is 11.8 Å². The molecule has 1 aliphatic rings. The topological polar surface area (TPSA) is 66.0 Å². The van der Waals surface area contributed by atoms with Crippen LogP contribution in [0.2, 0.25) is 10.0 Å². The van der Waals surface area contributed by atoms with Crippen LogP contribution in [0.3, 0.4) is 0 Å². The van der Waals surface area contributed by atoms with Crippen LogP contribution < -0.4 is 5.32 Å². The Labute approximate surface area is 153 Å². The quantitative estimate of drug-likeness (QED) is 0.824. The lowest BCUT2D eigenvalue weighted by molar-refractivity contribution is -0.120. The Balaban J connectivity index is 1.84. The highest BCUT2D eigenvalue weighted by molar-refractivity contribution is 8.02. The second kappa shape index (κ2) is 7.35. The van der Waals surface area contributed by atoms with Gasteiger partial charge < -0.3 is 9.73 Å². The molecule has 0 aliphatic carbocycles. The number of halogens is 2. The molecule has 0 saturated heterocycles. The van der Waals surface area contributed by atoms with Gasteiger partial charge in [0, 0.05) is 12.2 Å². The molecule has 2 heterocycles. The number of amides is 1. The van der Waals surface area contributed by atoms with Crippen molar-refractivity contribution in [2.45, 2.75) is 18.1 Å². The molecular formula is C17H12Cl2N2O2S. The summed E-state index contributed by atoms with van der Waals surface area (Å²) >= 11 is 13.3. The van der Waals surface area contributed by atoms with Crippen LogP contribution in [0.4, 0.5) is 0 Å². The molecule has 0 spiro atoms. The summed E-state index contributed by atoms with van der Waals surface area (Å²) in [5, 5.41) is 13.9. The number of nitrogens with one attached hydrogen (secondary N) is 1. The Morgan fingerprint density at radius 2 is 2.17 bits per heavy atom. The van der Waals surface area contributed by atoms with Crippen LogP contribution in [-0.4, -0.2) is 5.91 Å². The molecule has 122 valence electrons. The molecule has 7 heteroatoms. The van der Waals surface area contributed by atoms with E-state index in [9.17, 15) is 10.1 Å². The Bertz CT molecular complexity index is 841. The summed E-state index contributed by atoms with van der Waals surface area (Å²) in [6, 6.07) is 11.1. The minimum atomic E-state index is -0.352. The van der Waals surface area contributed by atoms with E-state index in [0.29, 0.717) is 32.2 Å². The summed E-state index contributed by atoms with van der Waals surface area (Å²) in [6.45, 7) is 0. The number of furan rings is 1. The van der Waals surface area contributed by atoms with Gasteiger partial charge in [-0.25, -0.2) is 0 Å². The van der Waals surface area contributed by atoms with Gasteiger partial charge in [0.15, 0.2) is 0 Å². The number of carbonyl (C=O) groups is 1. The lowest BCUT2D eigenvalue weighted by atomic mass is 9.92. The fraction of sp³-hybridized carbons (Fsp3) is 0.176. The van der Waals surface area contributed by atoms with E-state index in [1.807, 2.05) is 6.07 Å². The van der Waals surface area contributed by atoms with Crippen LogP contribution >= 0.6 is 35.0 Å². The summed E-state index contributed by atoms with van der Waals surface area (Å²) in [7, 11) is 0. The zero-order valence-corrected chi connectivity index (χ0v) is 14.7. The molecular weight excluding hydrogens is 367 g/mol. The first-order valence-corrected chi connectivity index (χ1v) is 8.87. The van der Waals surface area contributed by atoms with Crippen LogP contribution in [0, 0.1) is 11.3 Å². The van der Waals surface area contributed by atoms with E-state index in [-0.39, 0.29) is 18.2 Å². The van der Waals surface area contributed by atoms with Crippen LogP contribution in [0.25, 0.3) is 0 Å². The molecule has 0 fully saturated rings. The maximum absolute atomic E-state index is 12.0. The van der Waals surface area contributed by atoms with E-state index < -0.39 is 0 Å². The molecule has 0 radical (unpaired) electrons. The van der Waals surface area contributed by atoms with Gasteiger partial charge in [-0.1, -0.05) is 29.3 Å². The third kappa shape index (κ3) is 3.62. The van der Waals surface area contributed by atoms with Crippen LogP contribution in [0.5, 0.6) is 0 Å². The van der Waals surface area contributed by atoms with Crippen LogP contribution in [-0.2, 0) is 10.5 Å². The van der Waals surface area contributed by atoms with Crippen molar-refractivity contribution in [2.24, 2.45) is 0 Å². The molecule has 2 aromatic rings. The molecule has 4 nitrogen and oxygen atoms in total. The summed E-state index contributed by atoms with van der Waals surface area (Å²) in [6.07, 6.45) is 1.74. The average Bonchev–Trinajstić information content (AvgIpc) is 3.09. The van der Waals surface area contributed by atoms with Crippen molar-refractivity contribution in [3.05, 3.63) is 68.6 Å². The number of benzene rings is 1. The Kier molecular flexibility index (Phi) is 5.20. The van der Waals surface area contributed by atoms with Crippen molar-refractivity contribution in [1.82, 2.24) is 5.32 Å². The van der Waals surface area contributed by atoms with Crippen molar-refractivity contribution in [3.8, 4) is 6.07 Å². The predicted octanol–water partition coefficient (Wildman–Crippen LogP) is 4.86. The highest BCUT2D eigenvalue weighted by Crippen LogP contribution is 2.37. The lowest BCUT2D eigenvalue weighted by Gasteiger charge is -2.23. The highest BCUT2D eigenvalue weighted by Gasteiger charge is 2.31. The molecule has 1 aromatic heterocycles. The third-order valence-corrected chi connectivity index (χ3v) is 5.44. The monoisotopic (exact) mass is 378 g/mol. The fourth-order valence-corrected chi connectivity index (χ4v) is 3.79. The maximum Gasteiger partial charge on any atom is 0.225 e. The van der Waals surface area contributed by atoms with Crippen molar-refractivity contribution < 1.29 is 9.21 Å². The molecule has 3 rings (SSSR count). The van der Waals surface area contributed by atoms with Crippen molar-refractivity contribution in [3.63, 3.8) is 0 Å². The number of thioether (sulfide) groups is 1. The first kappa shape index (κ1) is 17.0. The van der Waals surface area contributed by atoms with Crippen molar-refractivity contribution in [1.29, 1.82) is 5.26 Å². The number of nitriles is 1. The number of allylic oxidation sites excluding steroid dienone is 1. The van der Waals surface area contributed by atoms with Gasteiger partial charge in [-0.3, -0.25) is 4.79 Å². The molecule has 0 unspecified atom stereocenters. The van der Waals surface area contributed by atoms with Crippen LogP contribution in [0.1, 0.15) is 23.7 Å². The largest absolute Gasteiger partial charge is 0.469 e. The summed E-state index contributed by atoms with van der Waals surface area (Å²) in [5.41, 5.74) is 1.46. The normalized spacial score (nSPS) is 17.5. The van der Waals surface area contributed by atoms with Gasteiger partial charge >= 0.3 is 0 Å². The summed E-state index contributed by atoms with van der Waals surface area (Å²) in [4.78, 5) is 12.0. The minimum absolute atomic E-state index is 0.132. The van der Waals surface area contributed by atoms with Gasteiger partial charge in [0.05, 0.1) is 38.9 Å². The number of hydrogen-bond acceptors (Lipinski definition) is 4. The maximum atomic E-state index is 12.0. The van der Waals surface area contributed by atoms with Gasteiger partial charge in [-0.2, -0.15) is 5.26 Å². The Morgan fingerprint density at radius 1 is 1.33 bits per heavy atom. The van der Waals surface area contributed by atoms with E-state index in [2.05, 4.69) is 11.4 Å². The Morgan fingerprint density at radius 3 is 2.83 bits per heavy atom. The van der Waals surface area contributed by atoms with Crippen LogP contribution in [0.15, 0.2) is 51.6 Å². The number of rotatable bonds is 4. The molecule has 1 atom stereocenters. The van der Waals surface area contributed by atoms with Gasteiger partial charge in [0.2, 0.25) is 5.91 Å². The molecule has 0 bridgehead atoms. The zero-order valence-electron chi connectivity index (χ0n) is 12.4. The average molecular weight is 379 g/mol. The lowest BCUT2D eigenvalue weighted by Crippen LogP contribution is -2.30. The summed E-state index contributed by atoms with van der Waals surface area (Å²) in [5.74, 6) is 0.693. The van der Waals surface area contributed by atoms with Gasteiger partial charge in [-0.05, 0) is 29.8 Å². The molecule has 1 N–H and O–H groups in total. The minimum Gasteiger partial charge on any atom is -0.469 e. The molecule has 1 aliphatic heterocycles. The van der Waals surface area contributed by atoms with Gasteiger partial charge in [0.25, 0.3) is 0 Å².